The fraction of sp³-hybridized carbons (Fsp3) is 0.588. The third-order valence-electron chi connectivity index (χ3n) is 4.64. The predicted octanol–water partition coefficient (Wildman–Crippen LogP) is 2.00. The van der Waals surface area contributed by atoms with Gasteiger partial charge in [-0.15, -0.1) is 0 Å². The average Bonchev–Trinajstić information content (AvgIpc) is 3.28. The summed E-state index contributed by atoms with van der Waals surface area (Å²) in [7, 11) is 1.89. The number of likely N-dealkylation sites (N-methyl/N-ethyl adjacent to an activating group) is 1. The summed E-state index contributed by atoms with van der Waals surface area (Å²) in [4.78, 5) is 16.6. The van der Waals surface area contributed by atoms with Crippen LogP contribution in [0.5, 0.6) is 0 Å². The molecule has 1 amide bonds. The van der Waals surface area contributed by atoms with Crippen LogP contribution in [-0.2, 0) is 11.3 Å². The minimum atomic E-state index is -0.483. The molecule has 2 fully saturated rings. The van der Waals surface area contributed by atoms with E-state index in [0.29, 0.717) is 6.04 Å². The number of anilines is 1. The number of carbonyl (C=O) groups is 1. The molecule has 0 unspecified atom stereocenters. The molecule has 1 saturated carbocycles. The molecule has 0 radical (unpaired) electrons. The van der Waals surface area contributed by atoms with E-state index in [4.69, 9.17) is 0 Å². The summed E-state index contributed by atoms with van der Waals surface area (Å²) in [6.45, 7) is 6.60. The summed E-state index contributed by atoms with van der Waals surface area (Å²) in [5, 5.41) is 3.58. The number of nitrogens with zero attached hydrogens (tertiary/aromatic N) is 2. The molecule has 0 bridgehead atoms. The number of carbonyl (C=O) groups excluding carboxylic acids is 1. The van der Waals surface area contributed by atoms with E-state index in [1.807, 2.05) is 25.8 Å². The standard InChI is InChI=1S/C17H25N3O/c1-17(2)16(21)19(3)10-11-20(17)15-7-5-4-6-13(15)12-18-14-8-9-14/h4-7,14,18H,8-12H2,1-3H3. The second kappa shape index (κ2) is 5.34. The van der Waals surface area contributed by atoms with E-state index in [1.54, 1.807) is 0 Å². The number of piperazine rings is 1. The van der Waals surface area contributed by atoms with Crippen LogP contribution in [0.1, 0.15) is 32.3 Å². The van der Waals surface area contributed by atoms with Crippen molar-refractivity contribution in [3.8, 4) is 0 Å². The molecule has 0 atom stereocenters. The second-order valence-corrected chi connectivity index (χ2v) is 6.72. The van der Waals surface area contributed by atoms with Crippen molar-refractivity contribution >= 4 is 11.6 Å². The van der Waals surface area contributed by atoms with Crippen molar-refractivity contribution < 1.29 is 4.79 Å². The molecule has 4 heteroatoms. The van der Waals surface area contributed by atoms with Crippen LogP contribution < -0.4 is 10.2 Å². The molecule has 1 aromatic rings. The lowest BCUT2D eigenvalue weighted by Gasteiger charge is -2.46. The van der Waals surface area contributed by atoms with Gasteiger partial charge in [0, 0.05) is 38.4 Å². The largest absolute Gasteiger partial charge is 0.355 e. The van der Waals surface area contributed by atoms with Gasteiger partial charge in [0.05, 0.1) is 0 Å². The summed E-state index contributed by atoms with van der Waals surface area (Å²) < 4.78 is 0. The molecule has 1 aliphatic heterocycles. The van der Waals surface area contributed by atoms with Gasteiger partial charge in [0.25, 0.3) is 0 Å². The highest BCUT2D eigenvalue weighted by Crippen LogP contribution is 2.31. The van der Waals surface area contributed by atoms with Crippen LogP contribution in [0.3, 0.4) is 0 Å². The van der Waals surface area contributed by atoms with Crippen molar-refractivity contribution in [2.75, 3.05) is 25.0 Å². The summed E-state index contributed by atoms with van der Waals surface area (Å²) >= 11 is 0. The number of hydrogen-bond acceptors (Lipinski definition) is 3. The lowest BCUT2D eigenvalue weighted by Crippen LogP contribution is -2.62. The Kier molecular flexibility index (Phi) is 3.66. The molecule has 1 aromatic carbocycles. The minimum Gasteiger partial charge on any atom is -0.355 e. The van der Waals surface area contributed by atoms with E-state index in [1.165, 1.54) is 24.1 Å². The van der Waals surface area contributed by atoms with Crippen molar-refractivity contribution in [1.82, 2.24) is 10.2 Å². The highest BCUT2D eigenvalue weighted by molar-refractivity contribution is 5.90. The SMILES string of the molecule is CN1CCN(c2ccccc2CNC2CC2)C(C)(C)C1=O. The summed E-state index contributed by atoms with van der Waals surface area (Å²) in [6, 6.07) is 9.15. The lowest BCUT2D eigenvalue weighted by atomic mass is 9.95. The fourth-order valence-electron chi connectivity index (χ4n) is 3.10. The number of para-hydroxylation sites is 1. The zero-order chi connectivity index (χ0) is 15.0. The zero-order valence-corrected chi connectivity index (χ0v) is 13.2. The van der Waals surface area contributed by atoms with Gasteiger partial charge in [-0.05, 0) is 38.3 Å². The van der Waals surface area contributed by atoms with Gasteiger partial charge in [-0.25, -0.2) is 0 Å². The maximum atomic E-state index is 12.5. The zero-order valence-electron chi connectivity index (χ0n) is 13.2. The Morgan fingerprint density at radius 3 is 2.67 bits per heavy atom. The van der Waals surface area contributed by atoms with Gasteiger partial charge in [0.15, 0.2) is 0 Å². The van der Waals surface area contributed by atoms with Gasteiger partial charge in [0.1, 0.15) is 5.54 Å². The molecule has 4 nitrogen and oxygen atoms in total. The predicted molar refractivity (Wildman–Crippen MR) is 85.4 cm³/mol. The molecule has 1 heterocycles. The lowest BCUT2D eigenvalue weighted by molar-refractivity contribution is -0.136. The third-order valence-corrected chi connectivity index (χ3v) is 4.64. The Morgan fingerprint density at radius 2 is 1.95 bits per heavy atom. The first-order chi connectivity index (χ1) is 10.00. The van der Waals surface area contributed by atoms with Gasteiger partial charge in [0.2, 0.25) is 5.91 Å². The molecule has 114 valence electrons. The van der Waals surface area contributed by atoms with Gasteiger partial charge in [-0.1, -0.05) is 18.2 Å². The Morgan fingerprint density at radius 1 is 1.24 bits per heavy atom. The molecule has 0 aromatic heterocycles. The molecule has 1 saturated heterocycles. The maximum absolute atomic E-state index is 12.5. The molecular formula is C17H25N3O. The molecule has 1 aliphatic carbocycles. The van der Waals surface area contributed by atoms with Crippen molar-refractivity contribution in [3.05, 3.63) is 29.8 Å². The van der Waals surface area contributed by atoms with Gasteiger partial charge in [-0.2, -0.15) is 0 Å². The Labute approximate surface area is 127 Å². The van der Waals surface area contributed by atoms with Crippen LogP contribution >= 0.6 is 0 Å². The van der Waals surface area contributed by atoms with Gasteiger partial charge in [-0.3, -0.25) is 4.79 Å². The van der Waals surface area contributed by atoms with Crippen LogP contribution in [0.25, 0.3) is 0 Å². The molecule has 1 N–H and O–H groups in total. The maximum Gasteiger partial charge on any atom is 0.247 e. The molecule has 2 aliphatic rings. The number of benzene rings is 1. The molecule has 21 heavy (non-hydrogen) atoms. The van der Waals surface area contributed by atoms with E-state index >= 15 is 0 Å². The fourth-order valence-corrected chi connectivity index (χ4v) is 3.10. The number of amides is 1. The molecular weight excluding hydrogens is 262 g/mol. The van der Waals surface area contributed by atoms with Crippen LogP contribution in [-0.4, -0.2) is 42.5 Å². The van der Waals surface area contributed by atoms with E-state index in [-0.39, 0.29) is 5.91 Å². The summed E-state index contributed by atoms with van der Waals surface area (Å²) in [5.41, 5.74) is 2.00. The van der Waals surface area contributed by atoms with Crippen LogP contribution in [0.15, 0.2) is 24.3 Å². The van der Waals surface area contributed by atoms with E-state index < -0.39 is 5.54 Å². The van der Waals surface area contributed by atoms with E-state index in [2.05, 4.69) is 34.5 Å². The monoisotopic (exact) mass is 287 g/mol. The van der Waals surface area contributed by atoms with Crippen LogP contribution in [0.2, 0.25) is 0 Å². The third kappa shape index (κ3) is 2.77. The smallest absolute Gasteiger partial charge is 0.247 e. The molecule has 3 rings (SSSR count). The Balaban J connectivity index is 1.86. The highest BCUT2D eigenvalue weighted by atomic mass is 16.2. The van der Waals surface area contributed by atoms with E-state index in [0.717, 1.165) is 19.6 Å². The Hall–Kier alpha value is -1.55. The Bertz CT molecular complexity index is 537. The first kappa shape index (κ1) is 14.4. The molecule has 0 spiro atoms. The number of rotatable bonds is 4. The number of hydrogen-bond donors (Lipinski definition) is 1. The average molecular weight is 287 g/mol. The number of nitrogens with one attached hydrogen (secondary N) is 1. The normalized spacial score (nSPS) is 21.8. The minimum absolute atomic E-state index is 0.193. The van der Waals surface area contributed by atoms with Crippen molar-refractivity contribution in [3.63, 3.8) is 0 Å². The highest BCUT2D eigenvalue weighted by Gasteiger charge is 2.41. The van der Waals surface area contributed by atoms with Crippen LogP contribution in [0.4, 0.5) is 5.69 Å². The summed E-state index contributed by atoms with van der Waals surface area (Å²) in [6.07, 6.45) is 2.58. The van der Waals surface area contributed by atoms with E-state index in [9.17, 15) is 4.79 Å². The van der Waals surface area contributed by atoms with Crippen LogP contribution in [0, 0.1) is 0 Å². The first-order valence-electron chi connectivity index (χ1n) is 7.84. The van der Waals surface area contributed by atoms with Crippen molar-refractivity contribution in [1.29, 1.82) is 0 Å². The van der Waals surface area contributed by atoms with Gasteiger partial charge < -0.3 is 15.1 Å². The summed E-state index contributed by atoms with van der Waals surface area (Å²) in [5.74, 6) is 0.193. The second-order valence-electron chi connectivity index (χ2n) is 6.72. The topological polar surface area (TPSA) is 35.6 Å². The quantitative estimate of drug-likeness (QED) is 0.920. The van der Waals surface area contributed by atoms with Crippen molar-refractivity contribution in [2.24, 2.45) is 0 Å². The van der Waals surface area contributed by atoms with Gasteiger partial charge >= 0.3 is 0 Å². The first-order valence-corrected chi connectivity index (χ1v) is 7.84. The van der Waals surface area contributed by atoms with Crippen molar-refractivity contribution in [2.45, 2.75) is 44.8 Å².